The summed E-state index contributed by atoms with van der Waals surface area (Å²) in [6.45, 7) is 0.475. The Balaban J connectivity index is 1.28. The number of hydrogen-bond donors (Lipinski definition) is 1. The number of nitrogens with zero attached hydrogens (tertiary/aromatic N) is 1. The normalized spacial score (nSPS) is 38.0. The molecule has 26 heavy (non-hydrogen) atoms. The fourth-order valence-corrected chi connectivity index (χ4v) is 6.40. The lowest BCUT2D eigenvalue weighted by Gasteiger charge is -2.55. The molecule has 1 aromatic rings. The number of halogens is 1. The van der Waals surface area contributed by atoms with E-state index in [1.54, 1.807) is 17.0 Å². The summed E-state index contributed by atoms with van der Waals surface area (Å²) in [6, 6.07) is 5.83. The van der Waals surface area contributed by atoms with Gasteiger partial charge in [0.2, 0.25) is 11.8 Å². The number of carbonyl (C=O) groups excluding carboxylic acids is 2. The molecule has 2 amide bonds. The number of amides is 2. The summed E-state index contributed by atoms with van der Waals surface area (Å²) in [5, 5.41) is 3.20. The molecular weight excluding hydrogens is 331 g/mol. The summed E-state index contributed by atoms with van der Waals surface area (Å²) in [5.74, 6) is 2.05. The summed E-state index contributed by atoms with van der Waals surface area (Å²) in [6.07, 6.45) is 7.37. The van der Waals surface area contributed by atoms with Crippen LogP contribution in [0.4, 0.5) is 10.1 Å². The number of benzene rings is 1. The molecule has 1 atom stereocenters. The lowest BCUT2D eigenvalue weighted by atomic mass is 9.49. The van der Waals surface area contributed by atoms with Gasteiger partial charge in [0, 0.05) is 24.1 Å². The van der Waals surface area contributed by atoms with Crippen LogP contribution in [0.25, 0.3) is 0 Å². The molecule has 4 aliphatic carbocycles. The average molecular weight is 356 g/mol. The smallest absolute Gasteiger partial charge is 0.229 e. The maximum absolute atomic E-state index is 13.2. The van der Waals surface area contributed by atoms with Gasteiger partial charge in [-0.25, -0.2) is 4.39 Å². The van der Waals surface area contributed by atoms with E-state index in [1.165, 1.54) is 31.4 Å². The molecular formula is C21H25FN2O2. The SMILES string of the molecule is O=C1C[C@H](NC(=O)C23CC4CC(CC(C4)C2)C3)CN1c1ccc(F)cc1. The van der Waals surface area contributed by atoms with E-state index in [2.05, 4.69) is 5.32 Å². The van der Waals surface area contributed by atoms with Gasteiger partial charge in [-0.15, -0.1) is 0 Å². The largest absolute Gasteiger partial charge is 0.351 e. The van der Waals surface area contributed by atoms with Gasteiger partial charge in [0.05, 0.1) is 6.04 Å². The molecule has 4 saturated carbocycles. The van der Waals surface area contributed by atoms with Gasteiger partial charge in [-0.2, -0.15) is 0 Å². The zero-order valence-corrected chi connectivity index (χ0v) is 14.9. The third kappa shape index (κ3) is 2.63. The van der Waals surface area contributed by atoms with Crippen molar-refractivity contribution in [3.8, 4) is 0 Å². The average Bonchev–Trinajstić information content (AvgIpc) is 2.94. The fraction of sp³-hybridized carbons (Fsp3) is 0.619. The minimum atomic E-state index is -0.313. The zero-order chi connectivity index (χ0) is 17.9. The predicted octanol–water partition coefficient (Wildman–Crippen LogP) is 3.26. The van der Waals surface area contributed by atoms with Crippen LogP contribution in [-0.2, 0) is 9.59 Å². The standard InChI is InChI=1S/C21H25FN2O2/c22-16-1-3-18(4-2-16)24-12-17(8-19(24)25)23-20(26)21-9-13-5-14(10-21)7-15(6-13)11-21/h1-4,13-15,17H,5-12H2,(H,23,26)/t13?,14?,15?,17-,21?/m0/s1. The van der Waals surface area contributed by atoms with E-state index < -0.39 is 0 Å². The molecule has 4 nitrogen and oxygen atoms in total. The first-order valence-electron chi connectivity index (χ1n) is 9.88. The Bertz CT molecular complexity index is 710. The van der Waals surface area contributed by atoms with Gasteiger partial charge in [-0.1, -0.05) is 0 Å². The van der Waals surface area contributed by atoms with Crippen molar-refractivity contribution < 1.29 is 14.0 Å². The molecule has 5 aliphatic rings. The quantitative estimate of drug-likeness (QED) is 0.904. The van der Waals surface area contributed by atoms with Crippen LogP contribution < -0.4 is 10.2 Å². The Hall–Kier alpha value is -1.91. The van der Waals surface area contributed by atoms with E-state index in [1.807, 2.05) is 0 Å². The van der Waals surface area contributed by atoms with Crippen LogP contribution in [0, 0.1) is 29.0 Å². The minimum Gasteiger partial charge on any atom is -0.351 e. The molecule has 0 aromatic heterocycles. The van der Waals surface area contributed by atoms with Gasteiger partial charge >= 0.3 is 0 Å². The lowest BCUT2D eigenvalue weighted by Crippen LogP contribution is -2.55. The van der Waals surface area contributed by atoms with Gasteiger partial charge in [0.25, 0.3) is 0 Å². The molecule has 5 heteroatoms. The Morgan fingerprint density at radius 2 is 1.62 bits per heavy atom. The topological polar surface area (TPSA) is 49.4 Å². The Kier molecular flexibility index (Phi) is 3.63. The highest BCUT2D eigenvalue weighted by atomic mass is 19.1. The molecule has 1 N–H and O–H groups in total. The molecule has 1 aliphatic heterocycles. The van der Waals surface area contributed by atoms with E-state index in [0.29, 0.717) is 18.7 Å². The first-order valence-corrected chi connectivity index (χ1v) is 9.88. The van der Waals surface area contributed by atoms with Crippen LogP contribution in [0.2, 0.25) is 0 Å². The maximum Gasteiger partial charge on any atom is 0.229 e. The molecule has 1 aromatic carbocycles. The van der Waals surface area contributed by atoms with E-state index in [-0.39, 0.29) is 29.1 Å². The van der Waals surface area contributed by atoms with E-state index >= 15 is 0 Å². The van der Waals surface area contributed by atoms with Crippen LogP contribution in [0.5, 0.6) is 0 Å². The van der Waals surface area contributed by atoms with Crippen molar-refractivity contribution in [1.29, 1.82) is 0 Å². The molecule has 1 heterocycles. The lowest BCUT2D eigenvalue weighted by molar-refractivity contribution is -0.146. The summed E-state index contributed by atoms with van der Waals surface area (Å²) in [4.78, 5) is 27.2. The first-order chi connectivity index (χ1) is 12.5. The highest BCUT2D eigenvalue weighted by Gasteiger charge is 2.55. The predicted molar refractivity (Wildman–Crippen MR) is 95.9 cm³/mol. The van der Waals surface area contributed by atoms with Crippen molar-refractivity contribution in [3.05, 3.63) is 30.1 Å². The molecule has 138 valence electrons. The minimum absolute atomic E-state index is 0.00702. The van der Waals surface area contributed by atoms with Gasteiger partial charge in [0.1, 0.15) is 5.82 Å². The van der Waals surface area contributed by atoms with Crippen molar-refractivity contribution in [2.24, 2.45) is 23.2 Å². The second-order valence-electron chi connectivity index (χ2n) is 9.05. The summed E-state index contributed by atoms with van der Waals surface area (Å²) >= 11 is 0. The zero-order valence-electron chi connectivity index (χ0n) is 14.9. The molecule has 4 bridgehead atoms. The summed E-state index contributed by atoms with van der Waals surface area (Å²) in [7, 11) is 0. The third-order valence-corrected chi connectivity index (χ3v) is 7.12. The van der Waals surface area contributed by atoms with Crippen molar-refractivity contribution >= 4 is 17.5 Å². The van der Waals surface area contributed by atoms with Crippen molar-refractivity contribution in [2.45, 2.75) is 51.0 Å². The summed E-state index contributed by atoms with van der Waals surface area (Å²) < 4.78 is 13.1. The van der Waals surface area contributed by atoms with Crippen LogP contribution in [-0.4, -0.2) is 24.4 Å². The maximum atomic E-state index is 13.2. The molecule has 6 rings (SSSR count). The Labute approximate surface area is 153 Å². The number of carbonyl (C=O) groups is 2. The second-order valence-corrected chi connectivity index (χ2v) is 9.05. The van der Waals surface area contributed by atoms with Crippen molar-refractivity contribution in [3.63, 3.8) is 0 Å². The molecule has 0 radical (unpaired) electrons. The molecule has 0 unspecified atom stereocenters. The number of hydrogen-bond acceptors (Lipinski definition) is 2. The van der Waals surface area contributed by atoms with E-state index in [9.17, 15) is 14.0 Å². The molecule has 1 saturated heterocycles. The van der Waals surface area contributed by atoms with Crippen LogP contribution in [0.15, 0.2) is 24.3 Å². The highest BCUT2D eigenvalue weighted by molar-refractivity contribution is 5.97. The number of rotatable bonds is 3. The van der Waals surface area contributed by atoms with E-state index in [4.69, 9.17) is 0 Å². The Morgan fingerprint density at radius 3 is 2.19 bits per heavy atom. The van der Waals surface area contributed by atoms with Crippen molar-refractivity contribution in [1.82, 2.24) is 5.32 Å². The number of anilines is 1. The third-order valence-electron chi connectivity index (χ3n) is 7.12. The molecule has 0 spiro atoms. The number of nitrogens with one attached hydrogen (secondary N) is 1. The second kappa shape index (κ2) is 5.80. The summed E-state index contributed by atoms with van der Waals surface area (Å²) in [5.41, 5.74) is 0.518. The first kappa shape index (κ1) is 16.3. The van der Waals surface area contributed by atoms with Crippen LogP contribution >= 0.6 is 0 Å². The van der Waals surface area contributed by atoms with Gasteiger partial charge in [-0.3, -0.25) is 9.59 Å². The molecule has 5 fully saturated rings. The van der Waals surface area contributed by atoms with Gasteiger partial charge in [-0.05, 0) is 80.5 Å². The fourth-order valence-electron chi connectivity index (χ4n) is 6.40. The van der Waals surface area contributed by atoms with Gasteiger partial charge in [0.15, 0.2) is 0 Å². The van der Waals surface area contributed by atoms with Crippen molar-refractivity contribution in [2.75, 3.05) is 11.4 Å². The van der Waals surface area contributed by atoms with Crippen LogP contribution in [0.1, 0.15) is 44.9 Å². The Morgan fingerprint density at radius 1 is 1.04 bits per heavy atom. The van der Waals surface area contributed by atoms with E-state index in [0.717, 1.165) is 37.0 Å². The monoisotopic (exact) mass is 356 g/mol. The van der Waals surface area contributed by atoms with Crippen LogP contribution in [0.3, 0.4) is 0 Å². The van der Waals surface area contributed by atoms with Gasteiger partial charge < -0.3 is 10.2 Å². The highest BCUT2D eigenvalue weighted by Crippen LogP contribution is 2.60.